The van der Waals surface area contributed by atoms with Crippen molar-refractivity contribution < 1.29 is 16.8 Å². The second kappa shape index (κ2) is 6.72. The maximum Gasteiger partial charge on any atom is 0.151 e. The first-order chi connectivity index (χ1) is 9.36. The minimum Gasteiger partial charge on any atom is -0.313 e. The molecule has 0 bridgehead atoms. The molecule has 2 N–H and O–H groups in total. The lowest BCUT2D eigenvalue weighted by molar-refractivity contribution is 0.500. The van der Waals surface area contributed by atoms with Crippen molar-refractivity contribution in [3.63, 3.8) is 0 Å². The van der Waals surface area contributed by atoms with Gasteiger partial charge in [-0.1, -0.05) is 0 Å². The second-order valence-electron chi connectivity index (χ2n) is 5.82. The summed E-state index contributed by atoms with van der Waals surface area (Å²) >= 11 is 0. The first-order valence-electron chi connectivity index (χ1n) is 7.24. The van der Waals surface area contributed by atoms with E-state index in [9.17, 15) is 16.8 Å². The van der Waals surface area contributed by atoms with Gasteiger partial charge in [-0.25, -0.2) is 16.8 Å². The molecule has 6 nitrogen and oxygen atoms in total. The molecule has 0 aliphatic carbocycles. The van der Waals surface area contributed by atoms with Crippen LogP contribution in [0, 0.1) is 0 Å². The molecular formula is C12H24N2O4S2. The quantitative estimate of drug-likeness (QED) is 0.603. The lowest BCUT2D eigenvalue weighted by Gasteiger charge is -2.12. The molecule has 2 saturated heterocycles. The van der Waals surface area contributed by atoms with Crippen LogP contribution in [0.4, 0.5) is 0 Å². The molecule has 0 aromatic heterocycles. The second-order valence-corrected chi connectivity index (χ2v) is 10.3. The largest absolute Gasteiger partial charge is 0.313 e. The van der Waals surface area contributed by atoms with Gasteiger partial charge in [0, 0.05) is 12.1 Å². The third kappa shape index (κ3) is 5.31. The van der Waals surface area contributed by atoms with Gasteiger partial charge in [-0.2, -0.15) is 0 Å². The summed E-state index contributed by atoms with van der Waals surface area (Å²) in [5, 5.41) is 6.55. The first kappa shape index (κ1) is 16.2. The van der Waals surface area contributed by atoms with Crippen LogP contribution >= 0.6 is 0 Å². The Balaban J connectivity index is 1.48. The minimum absolute atomic E-state index is 0.118. The maximum absolute atomic E-state index is 11.3. The number of nitrogens with one attached hydrogen (secondary N) is 2. The summed E-state index contributed by atoms with van der Waals surface area (Å²) < 4.78 is 45.1. The van der Waals surface area contributed by atoms with Gasteiger partial charge in [0.15, 0.2) is 19.7 Å². The van der Waals surface area contributed by atoms with Crippen molar-refractivity contribution in [3.8, 4) is 0 Å². The number of sulfone groups is 2. The summed E-state index contributed by atoms with van der Waals surface area (Å²) in [5.74, 6) is 1.15. The number of unbranched alkanes of at least 4 members (excludes halogenated alkanes) is 1. The van der Waals surface area contributed by atoms with Crippen LogP contribution in [0.15, 0.2) is 0 Å². The Kier molecular flexibility index (Phi) is 5.44. The zero-order valence-electron chi connectivity index (χ0n) is 11.7. The third-order valence-corrected chi connectivity index (χ3v) is 7.47. The molecule has 2 rings (SSSR count). The molecule has 20 heavy (non-hydrogen) atoms. The molecule has 118 valence electrons. The third-order valence-electron chi connectivity index (χ3n) is 3.93. The Bertz CT molecular complexity index is 468. The summed E-state index contributed by atoms with van der Waals surface area (Å²) in [5.41, 5.74) is 0. The molecule has 2 unspecified atom stereocenters. The Morgan fingerprint density at radius 1 is 0.750 bits per heavy atom. The van der Waals surface area contributed by atoms with Gasteiger partial charge >= 0.3 is 0 Å². The van der Waals surface area contributed by atoms with E-state index >= 15 is 0 Å². The monoisotopic (exact) mass is 324 g/mol. The van der Waals surface area contributed by atoms with Crippen molar-refractivity contribution in [1.82, 2.24) is 10.6 Å². The molecule has 2 atom stereocenters. The molecule has 0 radical (unpaired) electrons. The van der Waals surface area contributed by atoms with Gasteiger partial charge < -0.3 is 10.6 Å². The van der Waals surface area contributed by atoms with Crippen LogP contribution in [0.5, 0.6) is 0 Å². The Hall–Kier alpha value is -0.180. The molecule has 2 fully saturated rings. The maximum atomic E-state index is 11.3. The molecule has 0 saturated carbocycles. The average molecular weight is 324 g/mol. The van der Waals surface area contributed by atoms with Gasteiger partial charge in [-0.3, -0.25) is 0 Å². The molecule has 0 aromatic rings. The summed E-state index contributed by atoms with van der Waals surface area (Å²) in [4.78, 5) is 0. The normalized spacial score (nSPS) is 31.6. The topological polar surface area (TPSA) is 92.3 Å². The fraction of sp³-hybridized carbons (Fsp3) is 1.00. The van der Waals surface area contributed by atoms with Crippen LogP contribution in [0.3, 0.4) is 0 Å². The van der Waals surface area contributed by atoms with Gasteiger partial charge in [0.1, 0.15) is 0 Å². The van der Waals surface area contributed by atoms with E-state index in [1.165, 1.54) is 0 Å². The van der Waals surface area contributed by atoms with E-state index in [1.54, 1.807) is 0 Å². The van der Waals surface area contributed by atoms with Crippen molar-refractivity contribution >= 4 is 19.7 Å². The number of hydrogen-bond donors (Lipinski definition) is 2. The van der Waals surface area contributed by atoms with E-state index in [-0.39, 0.29) is 23.6 Å². The Labute approximate surface area is 121 Å². The van der Waals surface area contributed by atoms with Crippen LogP contribution in [-0.4, -0.2) is 65.0 Å². The fourth-order valence-corrected chi connectivity index (χ4v) is 6.19. The van der Waals surface area contributed by atoms with Gasteiger partial charge in [0.25, 0.3) is 0 Å². The van der Waals surface area contributed by atoms with E-state index in [2.05, 4.69) is 10.6 Å². The lowest BCUT2D eigenvalue weighted by atomic mass is 10.2. The first-order valence-corrected chi connectivity index (χ1v) is 10.9. The SMILES string of the molecule is O=S1(=O)CCC(NCCCCNC2CCS(=O)(=O)C2)C1. The highest BCUT2D eigenvalue weighted by atomic mass is 32.2. The van der Waals surface area contributed by atoms with Crippen molar-refractivity contribution in [2.75, 3.05) is 36.1 Å². The van der Waals surface area contributed by atoms with Crippen molar-refractivity contribution in [1.29, 1.82) is 0 Å². The minimum atomic E-state index is -2.80. The van der Waals surface area contributed by atoms with Crippen LogP contribution in [0.1, 0.15) is 25.7 Å². The molecule has 2 aliphatic heterocycles. The van der Waals surface area contributed by atoms with Gasteiger partial charge in [0.2, 0.25) is 0 Å². The Morgan fingerprint density at radius 2 is 1.15 bits per heavy atom. The van der Waals surface area contributed by atoms with Crippen LogP contribution in [0.25, 0.3) is 0 Å². The van der Waals surface area contributed by atoms with Crippen LogP contribution in [-0.2, 0) is 19.7 Å². The summed E-state index contributed by atoms with van der Waals surface area (Å²) in [7, 11) is -5.59. The molecular weight excluding hydrogens is 300 g/mol. The molecule has 0 amide bonds. The smallest absolute Gasteiger partial charge is 0.151 e. The predicted octanol–water partition coefficient (Wildman–Crippen LogP) is -0.680. The predicted molar refractivity (Wildman–Crippen MR) is 79.4 cm³/mol. The van der Waals surface area contributed by atoms with Crippen molar-refractivity contribution in [2.45, 2.75) is 37.8 Å². The van der Waals surface area contributed by atoms with E-state index < -0.39 is 19.7 Å². The summed E-state index contributed by atoms with van der Waals surface area (Å²) in [6.45, 7) is 1.65. The molecule has 2 aliphatic rings. The highest BCUT2D eigenvalue weighted by Crippen LogP contribution is 2.12. The molecule has 0 spiro atoms. The summed E-state index contributed by atoms with van der Waals surface area (Å²) in [6, 6.07) is 0.237. The average Bonchev–Trinajstić information content (AvgIpc) is 2.86. The van der Waals surface area contributed by atoms with E-state index in [0.29, 0.717) is 11.5 Å². The van der Waals surface area contributed by atoms with Crippen molar-refractivity contribution in [3.05, 3.63) is 0 Å². The van der Waals surface area contributed by atoms with Gasteiger partial charge in [-0.05, 0) is 38.8 Å². The van der Waals surface area contributed by atoms with Gasteiger partial charge in [-0.15, -0.1) is 0 Å². The van der Waals surface area contributed by atoms with E-state index in [4.69, 9.17) is 0 Å². The highest BCUT2D eigenvalue weighted by Gasteiger charge is 2.28. The zero-order chi connectivity index (χ0) is 14.6. The van der Waals surface area contributed by atoms with E-state index in [1.807, 2.05) is 0 Å². The standard InChI is InChI=1S/C12H24N2O4S2/c15-19(16)7-3-11(9-19)13-5-1-2-6-14-12-4-8-20(17,18)10-12/h11-14H,1-10H2. The van der Waals surface area contributed by atoms with E-state index in [0.717, 1.165) is 38.8 Å². The zero-order valence-corrected chi connectivity index (χ0v) is 13.3. The highest BCUT2D eigenvalue weighted by molar-refractivity contribution is 7.91. The van der Waals surface area contributed by atoms with Crippen LogP contribution < -0.4 is 10.6 Å². The van der Waals surface area contributed by atoms with Gasteiger partial charge in [0.05, 0.1) is 23.0 Å². The lowest BCUT2D eigenvalue weighted by Crippen LogP contribution is -2.33. The molecule has 8 heteroatoms. The molecule has 2 heterocycles. The number of hydrogen-bond acceptors (Lipinski definition) is 6. The number of rotatable bonds is 7. The Morgan fingerprint density at radius 3 is 1.45 bits per heavy atom. The fourth-order valence-electron chi connectivity index (χ4n) is 2.77. The van der Waals surface area contributed by atoms with Crippen LogP contribution in [0.2, 0.25) is 0 Å². The molecule has 0 aromatic carbocycles. The van der Waals surface area contributed by atoms with Crippen molar-refractivity contribution in [2.24, 2.45) is 0 Å². The summed E-state index contributed by atoms with van der Waals surface area (Å²) in [6.07, 6.45) is 3.40.